The highest BCUT2D eigenvalue weighted by molar-refractivity contribution is 8.00. The van der Waals surface area contributed by atoms with Crippen molar-refractivity contribution < 1.29 is 9.59 Å². The Morgan fingerprint density at radius 3 is 2.42 bits per heavy atom. The van der Waals surface area contributed by atoms with Gasteiger partial charge in [0.25, 0.3) is 0 Å². The van der Waals surface area contributed by atoms with Crippen LogP contribution >= 0.6 is 11.8 Å². The van der Waals surface area contributed by atoms with Crippen LogP contribution in [-0.2, 0) is 15.0 Å². The molecule has 0 aromatic heterocycles. The van der Waals surface area contributed by atoms with E-state index < -0.39 is 0 Å². The maximum Gasteiger partial charge on any atom is 0.238 e. The molecule has 1 aliphatic heterocycles. The average Bonchev–Trinajstić information content (AvgIpc) is 3.15. The van der Waals surface area contributed by atoms with Crippen LogP contribution in [0, 0.1) is 5.92 Å². The Hall–Kier alpha value is -2.27. The second kappa shape index (κ2) is 9.07. The molecule has 2 aromatic rings. The molecule has 1 saturated heterocycles. The number of benzene rings is 2. The van der Waals surface area contributed by atoms with Crippen molar-refractivity contribution >= 4 is 35.0 Å². The van der Waals surface area contributed by atoms with Crippen LogP contribution in [-0.4, -0.2) is 17.6 Å². The molecule has 2 aromatic carbocycles. The van der Waals surface area contributed by atoms with E-state index in [1.54, 1.807) is 11.8 Å². The average molecular weight is 437 g/mol. The standard InChI is InChI=1S/C26H32N2O2S/c1-26(2,3)20-12-14-22(15-13-20)28-23(29)17-31-25(28)19-10-7-11-21(16-19)27-24(30)18-8-5-4-6-9-18/h7,10-16,18,25H,4-6,8-9,17H2,1-3H3,(H,27,30). The Balaban J connectivity index is 1.53. The summed E-state index contributed by atoms with van der Waals surface area (Å²) >= 11 is 1.64. The first-order valence-corrected chi connectivity index (χ1v) is 12.3. The lowest BCUT2D eigenvalue weighted by Gasteiger charge is -2.26. The zero-order valence-corrected chi connectivity index (χ0v) is 19.5. The zero-order valence-electron chi connectivity index (χ0n) is 18.7. The van der Waals surface area contributed by atoms with Gasteiger partial charge in [0.15, 0.2) is 0 Å². The maximum absolute atomic E-state index is 12.7. The second-order valence-corrected chi connectivity index (χ2v) is 10.7. The zero-order chi connectivity index (χ0) is 22.0. The maximum atomic E-state index is 12.7. The molecule has 4 rings (SSSR count). The first kappa shape index (κ1) is 21.9. The van der Waals surface area contributed by atoms with Crippen molar-refractivity contribution in [1.82, 2.24) is 0 Å². The molecule has 1 N–H and O–H groups in total. The van der Waals surface area contributed by atoms with Crippen LogP contribution < -0.4 is 10.2 Å². The van der Waals surface area contributed by atoms with Crippen LogP contribution in [0.1, 0.15) is 69.4 Å². The van der Waals surface area contributed by atoms with Gasteiger partial charge in [0, 0.05) is 17.3 Å². The highest BCUT2D eigenvalue weighted by Gasteiger charge is 2.34. The summed E-state index contributed by atoms with van der Waals surface area (Å²) in [6.07, 6.45) is 5.48. The van der Waals surface area contributed by atoms with Crippen molar-refractivity contribution in [2.75, 3.05) is 16.0 Å². The van der Waals surface area contributed by atoms with E-state index in [1.165, 1.54) is 12.0 Å². The van der Waals surface area contributed by atoms with Gasteiger partial charge in [0.05, 0.1) is 5.75 Å². The summed E-state index contributed by atoms with van der Waals surface area (Å²) in [6.45, 7) is 6.57. The molecule has 1 aliphatic carbocycles. The third-order valence-corrected chi connectivity index (χ3v) is 7.51. The number of rotatable bonds is 4. The Bertz CT molecular complexity index is 943. The van der Waals surface area contributed by atoms with E-state index in [-0.39, 0.29) is 28.5 Å². The van der Waals surface area contributed by atoms with Gasteiger partial charge < -0.3 is 5.32 Å². The fourth-order valence-corrected chi connectivity index (χ4v) is 5.62. The minimum atomic E-state index is -0.0838. The van der Waals surface area contributed by atoms with E-state index in [9.17, 15) is 9.59 Å². The van der Waals surface area contributed by atoms with Crippen LogP contribution in [0.5, 0.6) is 0 Å². The van der Waals surface area contributed by atoms with E-state index in [2.05, 4.69) is 38.2 Å². The molecule has 4 nitrogen and oxygen atoms in total. The number of hydrogen-bond acceptors (Lipinski definition) is 3. The first-order valence-electron chi connectivity index (χ1n) is 11.3. The number of carbonyl (C=O) groups excluding carboxylic acids is 2. The predicted octanol–water partition coefficient (Wildman–Crippen LogP) is 6.28. The third kappa shape index (κ3) is 4.98. The van der Waals surface area contributed by atoms with E-state index in [0.717, 1.165) is 42.6 Å². The van der Waals surface area contributed by atoms with Gasteiger partial charge in [-0.15, -0.1) is 11.8 Å². The largest absolute Gasteiger partial charge is 0.326 e. The molecule has 1 heterocycles. The van der Waals surface area contributed by atoms with E-state index in [0.29, 0.717) is 5.75 Å². The summed E-state index contributed by atoms with van der Waals surface area (Å²) < 4.78 is 0. The molecule has 0 spiro atoms. The molecule has 0 radical (unpaired) electrons. The van der Waals surface area contributed by atoms with Crippen LogP contribution in [0.2, 0.25) is 0 Å². The quantitative estimate of drug-likeness (QED) is 0.613. The normalized spacial score (nSPS) is 20.2. The van der Waals surface area contributed by atoms with Crippen molar-refractivity contribution in [3.05, 3.63) is 59.7 Å². The van der Waals surface area contributed by atoms with Gasteiger partial charge in [0.2, 0.25) is 11.8 Å². The molecule has 0 bridgehead atoms. The van der Waals surface area contributed by atoms with E-state index in [4.69, 9.17) is 0 Å². The summed E-state index contributed by atoms with van der Waals surface area (Å²) in [5.74, 6) is 0.833. The molecule has 31 heavy (non-hydrogen) atoms. The Morgan fingerprint density at radius 1 is 1.03 bits per heavy atom. The SMILES string of the molecule is CC(C)(C)c1ccc(N2C(=O)CSC2c2cccc(NC(=O)C3CCCCC3)c2)cc1. The molecule has 1 saturated carbocycles. The monoisotopic (exact) mass is 436 g/mol. The molecule has 2 aliphatic rings. The summed E-state index contributed by atoms with van der Waals surface area (Å²) in [4.78, 5) is 27.3. The van der Waals surface area contributed by atoms with Crippen LogP contribution in [0.4, 0.5) is 11.4 Å². The van der Waals surface area contributed by atoms with Gasteiger partial charge in [-0.05, 0) is 53.6 Å². The van der Waals surface area contributed by atoms with Gasteiger partial charge in [-0.3, -0.25) is 14.5 Å². The predicted molar refractivity (Wildman–Crippen MR) is 129 cm³/mol. The number of carbonyl (C=O) groups is 2. The highest BCUT2D eigenvalue weighted by Crippen LogP contribution is 2.42. The Morgan fingerprint density at radius 2 is 1.74 bits per heavy atom. The van der Waals surface area contributed by atoms with Crippen molar-refractivity contribution in [2.45, 2.75) is 63.7 Å². The lowest BCUT2D eigenvalue weighted by Crippen LogP contribution is -2.28. The number of hydrogen-bond donors (Lipinski definition) is 1. The summed E-state index contributed by atoms with van der Waals surface area (Å²) in [6, 6.07) is 16.3. The minimum absolute atomic E-state index is 0.0760. The Kier molecular flexibility index (Phi) is 6.42. The third-order valence-electron chi connectivity index (χ3n) is 6.29. The first-order chi connectivity index (χ1) is 14.8. The summed E-state index contributed by atoms with van der Waals surface area (Å²) in [5, 5.41) is 3.03. The van der Waals surface area contributed by atoms with E-state index in [1.807, 2.05) is 41.3 Å². The fourth-order valence-electron chi connectivity index (χ4n) is 4.45. The van der Waals surface area contributed by atoms with Gasteiger partial charge in [-0.2, -0.15) is 0 Å². The number of anilines is 2. The molecule has 2 amide bonds. The lowest BCUT2D eigenvalue weighted by atomic mass is 9.87. The molecule has 1 unspecified atom stereocenters. The summed E-state index contributed by atoms with van der Waals surface area (Å²) in [5.41, 5.74) is 4.10. The van der Waals surface area contributed by atoms with Gasteiger partial charge in [-0.25, -0.2) is 0 Å². The Labute approximate surface area is 189 Å². The van der Waals surface area contributed by atoms with Gasteiger partial charge >= 0.3 is 0 Å². The minimum Gasteiger partial charge on any atom is -0.326 e. The molecule has 5 heteroatoms. The van der Waals surface area contributed by atoms with Gasteiger partial charge in [-0.1, -0.05) is 64.3 Å². The molecule has 164 valence electrons. The van der Waals surface area contributed by atoms with Gasteiger partial charge in [0.1, 0.15) is 5.37 Å². The van der Waals surface area contributed by atoms with Crippen molar-refractivity contribution in [3.63, 3.8) is 0 Å². The molecule has 1 atom stereocenters. The molecule has 2 fully saturated rings. The number of nitrogens with one attached hydrogen (secondary N) is 1. The van der Waals surface area contributed by atoms with E-state index >= 15 is 0 Å². The fraction of sp³-hybridized carbons (Fsp3) is 0.462. The number of nitrogens with zero attached hydrogens (tertiary/aromatic N) is 1. The number of amides is 2. The molecular formula is C26H32N2O2S. The van der Waals surface area contributed by atoms with Crippen molar-refractivity contribution in [1.29, 1.82) is 0 Å². The summed E-state index contributed by atoms with van der Waals surface area (Å²) in [7, 11) is 0. The van der Waals surface area contributed by atoms with Crippen molar-refractivity contribution in [2.24, 2.45) is 5.92 Å². The van der Waals surface area contributed by atoms with Crippen molar-refractivity contribution in [3.8, 4) is 0 Å². The smallest absolute Gasteiger partial charge is 0.238 e. The second-order valence-electron chi connectivity index (χ2n) is 9.67. The van der Waals surface area contributed by atoms with Crippen LogP contribution in [0.25, 0.3) is 0 Å². The van der Waals surface area contributed by atoms with Crippen LogP contribution in [0.15, 0.2) is 48.5 Å². The lowest BCUT2D eigenvalue weighted by molar-refractivity contribution is -0.120. The number of thioether (sulfide) groups is 1. The molecular weight excluding hydrogens is 404 g/mol. The van der Waals surface area contributed by atoms with Crippen LogP contribution in [0.3, 0.4) is 0 Å². The highest BCUT2D eigenvalue weighted by atomic mass is 32.2. The topological polar surface area (TPSA) is 49.4 Å².